The Morgan fingerprint density at radius 1 is 1.18 bits per heavy atom. The summed E-state index contributed by atoms with van der Waals surface area (Å²) in [6.07, 6.45) is 1.51. The van der Waals surface area contributed by atoms with Crippen LogP contribution in [0.15, 0.2) is 34.4 Å². The number of carbonyl (C=O) groups is 2. The molecule has 10 heteroatoms. The Morgan fingerprint density at radius 2 is 1.97 bits per heavy atom. The van der Waals surface area contributed by atoms with E-state index < -0.39 is 0 Å². The molecule has 0 N–H and O–H groups in total. The summed E-state index contributed by atoms with van der Waals surface area (Å²) in [5, 5.41) is 6.63. The lowest BCUT2D eigenvalue weighted by molar-refractivity contribution is -0.151. The molecule has 1 unspecified atom stereocenters. The van der Waals surface area contributed by atoms with Crippen molar-refractivity contribution in [3.05, 3.63) is 68.2 Å². The third-order valence-electron chi connectivity index (χ3n) is 7.50. The number of aromatic nitrogens is 4. The Balaban J connectivity index is 1.47. The first kappa shape index (κ1) is 26.8. The molecule has 1 saturated heterocycles. The maximum Gasteiger partial charge on any atom is 0.310 e. The lowest BCUT2D eigenvalue weighted by atomic mass is 9.98. The van der Waals surface area contributed by atoms with Crippen LogP contribution in [0.4, 0.5) is 0 Å². The molecule has 1 aromatic carbocycles. The summed E-state index contributed by atoms with van der Waals surface area (Å²) in [6, 6.07) is 7.98. The monoisotopic (exact) mass is 547 g/mol. The van der Waals surface area contributed by atoms with Gasteiger partial charge in [0.25, 0.3) is 5.56 Å². The van der Waals surface area contributed by atoms with Gasteiger partial charge in [-0.05, 0) is 70.7 Å². The van der Waals surface area contributed by atoms with Gasteiger partial charge in [-0.15, -0.1) is 11.3 Å². The number of rotatable bonds is 6. The highest BCUT2D eigenvalue weighted by atomic mass is 32.1. The lowest BCUT2D eigenvalue weighted by Crippen LogP contribution is -2.43. The van der Waals surface area contributed by atoms with Crippen molar-refractivity contribution in [3.8, 4) is 16.9 Å². The maximum atomic E-state index is 13.9. The summed E-state index contributed by atoms with van der Waals surface area (Å²) in [6.45, 7) is 10.9. The molecule has 4 heterocycles. The SMILES string of the molecule is CCOC(=O)C1CCCN(C(=O)Cc2csc3nc(C)c(-c4cc(C)n(-c5cccc(C)c5C)n4)c(=O)n23)C1. The van der Waals surface area contributed by atoms with Crippen LogP contribution in [0, 0.1) is 33.6 Å². The van der Waals surface area contributed by atoms with Gasteiger partial charge in [0.15, 0.2) is 4.96 Å². The third-order valence-corrected chi connectivity index (χ3v) is 8.37. The summed E-state index contributed by atoms with van der Waals surface area (Å²) < 4.78 is 8.56. The molecule has 1 fully saturated rings. The summed E-state index contributed by atoms with van der Waals surface area (Å²) >= 11 is 1.34. The Kier molecular flexibility index (Phi) is 7.40. The van der Waals surface area contributed by atoms with Crippen LogP contribution in [-0.2, 0) is 20.7 Å². The van der Waals surface area contributed by atoms with Crippen molar-refractivity contribution in [2.45, 2.75) is 53.9 Å². The Bertz CT molecular complexity index is 1630. The van der Waals surface area contributed by atoms with Crippen LogP contribution >= 0.6 is 11.3 Å². The molecular formula is C29H33N5O4S. The van der Waals surface area contributed by atoms with Gasteiger partial charge in [-0.2, -0.15) is 5.10 Å². The number of esters is 1. The van der Waals surface area contributed by atoms with Crippen molar-refractivity contribution in [2.75, 3.05) is 19.7 Å². The number of benzene rings is 1. The number of hydrogen-bond donors (Lipinski definition) is 0. The summed E-state index contributed by atoms with van der Waals surface area (Å²) in [5.74, 6) is -0.684. The highest BCUT2D eigenvalue weighted by molar-refractivity contribution is 7.15. The van der Waals surface area contributed by atoms with Crippen LogP contribution in [0.1, 0.15) is 48.0 Å². The molecule has 204 valence electrons. The second-order valence-electron chi connectivity index (χ2n) is 10.1. The number of carbonyl (C=O) groups excluding carboxylic acids is 2. The molecule has 39 heavy (non-hydrogen) atoms. The molecule has 0 aliphatic carbocycles. The molecule has 3 aromatic heterocycles. The van der Waals surface area contributed by atoms with Crippen LogP contribution in [0.3, 0.4) is 0 Å². The number of ether oxygens (including phenoxy) is 1. The molecule has 9 nitrogen and oxygen atoms in total. The van der Waals surface area contributed by atoms with Gasteiger partial charge in [0.2, 0.25) is 5.91 Å². The van der Waals surface area contributed by atoms with Crippen LogP contribution in [-0.4, -0.2) is 55.6 Å². The molecule has 0 saturated carbocycles. The number of fused-ring (bicyclic) bond motifs is 1. The fraction of sp³-hybridized carbons (Fsp3) is 0.414. The minimum atomic E-state index is -0.309. The van der Waals surface area contributed by atoms with Crippen LogP contribution in [0.2, 0.25) is 0 Å². The lowest BCUT2D eigenvalue weighted by Gasteiger charge is -2.31. The van der Waals surface area contributed by atoms with Gasteiger partial charge in [-0.25, -0.2) is 9.67 Å². The standard InChI is InChI=1S/C29H33N5O4S/c1-6-38-28(37)21-10-8-12-32(15-21)25(35)14-22-16-39-29-30-20(5)26(27(36)33(22)29)23-13-18(3)34(31-23)24-11-7-9-17(2)19(24)4/h7,9,11,13,16,21H,6,8,10,12,14-15H2,1-5H3. The van der Waals surface area contributed by atoms with Gasteiger partial charge in [-0.3, -0.25) is 18.8 Å². The van der Waals surface area contributed by atoms with Gasteiger partial charge in [-0.1, -0.05) is 12.1 Å². The molecule has 0 spiro atoms. The Morgan fingerprint density at radius 3 is 2.74 bits per heavy atom. The molecule has 4 aromatic rings. The molecular weight excluding hydrogens is 514 g/mol. The first-order valence-electron chi connectivity index (χ1n) is 13.3. The van der Waals surface area contributed by atoms with E-state index in [2.05, 4.69) is 19.9 Å². The van der Waals surface area contributed by atoms with Gasteiger partial charge in [0.1, 0.15) is 5.69 Å². The van der Waals surface area contributed by atoms with E-state index in [-0.39, 0.29) is 29.8 Å². The summed E-state index contributed by atoms with van der Waals surface area (Å²) in [5.41, 5.74) is 6.08. The molecule has 0 radical (unpaired) electrons. The number of nitrogens with zero attached hydrogens (tertiary/aromatic N) is 5. The zero-order valence-corrected chi connectivity index (χ0v) is 23.8. The van der Waals surface area contributed by atoms with Crippen molar-refractivity contribution in [1.29, 1.82) is 0 Å². The predicted molar refractivity (Wildman–Crippen MR) is 150 cm³/mol. The van der Waals surface area contributed by atoms with E-state index in [1.165, 1.54) is 15.7 Å². The van der Waals surface area contributed by atoms with Crippen molar-refractivity contribution in [2.24, 2.45) is 5.92 Å². The van der Waals surface area contributed by atoms with Gasteiger partial charge >= 0.3 is 5.97 Å². The van der Waals surface area contributed by atoms with E-state index in [4.69, 9.17) is 14.8 Å². The number of thiazole rings is 1. The number of aryl methyl sites for hydroxylation is 3. The average Bonchev–Trinajstić information content (AvgIpc) is 3.49. The first-order chi connectivity index (χ1) is 18.7. The fourth-order valence-corrected chi connectivity index (χ4v) is 6.18. The average molecular weight is 548 g/mol. The van der Waals surface area contributed by atoms with E-state index in [9.17, 15) is 14.4 Å². The normalized spacial score (nSPS) is 15.6. The van der Waals surface area contributed by atoms with Crippen molar-refractivity contribution in [1.82, 2.24) is 24.1 Å². The van der Waals surface area contributed by atoms with Crippen LogP contribution in [0.5, 0.6) is 0 Å². The van der Waals surface area contributed by atoms with E-state index in [0.717, 1.165) is 28.9 Å². The van der Waals surface area contributed by atoms with E-state index >= 15 is 0 Å². The molecule has 5 rings (SSSR count). The zero-order chi connectivity index (χ0) is 27.8. The number of piperidine rings is 1. The van der Waals surface area contributed by atoms with Crippen molar-refractivity contribution < 1.29 is 14.3 Å². The quantitative estimate of drug-likeness (QED) is 0.336. The van der Waals surface area contributed by atoms with Gasteiger partial charge in [0.05, 0.1) is 35.9 Å². The zero-order valence-electron chi connectivity index (χ0n) is 23.0. The van der Waals surface area contributed by atoms with Gasteiger partial charge in [0, 0.05) is 29.9 Å². The van der Waals surface area contributed by atoms with E-state index in [1.54, 1.807) is 11.8 Å². The minimum absolute atomic E-state index is 0.0512. The minimum Gasteiger partial charge on any atom is -0.466 e. The molecule has 1 aliphatic rings. The molecule has 1 amide bonds. The third kappa shape index (κ3) is 5.01. The number of hydrogen-bond acceptors (Lipinski definition) is 7. The second-order valence-corrected chi connectivity index (χ2v) is 11.0. The fourth-order valence-electron chi connectivity index (χ4n) is 5.25. The number of likely N-dealkylation sites (tertiary alicyclic amines) is 1. The molecule has 1 aliphatic heterocycles. The Labute approximate surface area is 231 Å². The predicted octanol–water partition coefficient (Wildman–Crippen LogP) is 4.19. The van der Waals surface area contributed by atoms with Crippen molar-refractivity contribution >= 4 is 28.2 Å². The van der Waals surface area contributed by atoms with Crippen LogP contribution < -0.4 is 5.56 Å². The maximum absolute atomic E-state index is 13.9. The first-order valence-corrected chi connectivity index (χ1v) is 14.1. The van der Waals surface area contributed by atoms with Crippen molar-refractivity contribution in [3.63, 3.8) is 0 Å². The largest absolute Gasteiger partial charge is 0.466 e. The topological polar surface area (TPSA) is 98.8 Å². The summed E-state index contributed by atoms with van der Waals surface area (Å²) in [7, 11) is 0. The van der Waals surface area contributed by atoms with Crippen LogP contribution in [0.25, 0.3) is 21.9 Å². The second kappa shape index (κ2) is 10.8. The van der Waals surface area contributed by atoms with E-state index in [0.29, 0.717) is 53.7 Å². The highest BCUT2D eigenvalue weighted by Crippen LogP contribution is 2.26. The summed E-state index contributed by atoms with van der Waals surface area (Å²) in [4.78, 5) is 46.3. The molecule has 1 atom stereocenters. The Hall–Kier alpha value is -3.79. The van der Waals surface area contributed by atoms with E-state index in [1.807, 2.05) is 42.1 Å². The number of amides is 1. The molecule has 0 bridgehead atoms. The smallest absolute Gasteiger partial charge is 0.310 e. The highest BCUT2D eigenvalue weighted by Gasteiger charge is 2.30. The van der Waals surface area contributed by atoms with Gasteiger partial charge < -0.3 is 9.64 Å².